The third-order valence-electron chi connectivity index (χ3n) is 4.73. The molecule has 0 aliphatic carbocycles. The van der Waals surface area contributed by atoms with Gasteiger partial charge in [0.15, 0.2) is 6.61 Å². The second-order valence-corrected chi connectivity index (χ2v) is 8.53. The zero-order valence-electron chi connectivity index (χ0n) is 17.7. The van der Waals surface area contributed by atoms with E-state index < -0.39 is 0 Å². The Morgan fingerprint density at radius 3 is 2.70 bits per heavy atom. The molecule has 0 bridgehead atoms. The number of benzene rings is 2. The zero-order chi connectivity index (χ0) is 21.8. The van der Waals surface area contributed by atoms with Crippen molar-refractivity contribution >= 4 is 55.6 Å². The monoisotopic (exact) mass is 444 g/mol. The third kappa shape index (κ3) is 5.09. The van der Waals surface area contributed by atoms with Crippen molar-refractivity contribution in [1.29, 1.82) is 0 Å². The number of hydrazone groups is 1. The molecule has 0 spiro atoms. The van der Waals surface area contributed by atoms with Gasteiger partial charge in [-0.1, -0.05) is 29.9 Å². The first-order valence-corrected chi connectivity index (χ1v) is 10.9. The highest BCUT2D eigenvalue weighted by atomic mass is 35.5. The van der Waals surface area contributed by atoms with Crippen molar-refractivity contribution in [3.05, 3.63) is 46.0 Å². The summed E-state index contributed by atoms with van der Waals surface area (Å²) in [4.78, 5) is 17.1. The number of thiazole rings is 1. The van der Waals surface area contributed by atoms with E-state index in [0.29, 0.717) is 10.8 Å². The summed E-state index contributed by atoms with van der Waals surface area (Å²) >= 11 is 7.54. The Kier molecular flexibility index (Phi) is 6.95. The number of anilines is 2. The van der Waals surface area contributed by atoms with E-state index in [9.17, 15) is 4.79 Å². The molecule has 3 aromatic rings. The Labute approximate surface area is 185 Å². The minimum atomic E-state index is -0.223. The number of halogens is 1. The molecule has 1 amide bonds. The van der Waals surface area contributed by atoms with Gasteiger partial charge >= 0.3 is 0 Å². The fraction of sp³-hybridized carbons (Fsp3) is 0.318. The van der Waals surface area contributed by atoms with Crippen LogP contribution in [-0.4, -0.2) is 23.2 Å². The summed E-state index contributed by atoms with van der Waals surface area (Å²) in [5.74, 6) is 0.385. The highest BCUT2D eigenvalue weighted by Crippen LogP contribution is 2.35. The Balaban J connectivity index is 1.74. The molecule has 0 saturated carbocycles. The van der Waals surface area contributed by atoms with Crippen molar-refractivity contribution in [3.63, 3.8) is 0 Å². The van der Waals surface area contributed by atoms with Crippen LogP contribution in [-0.2, 0) is 4.79 Å². The lowest BCUT2D eigenvalue weighted by Gasteiger charge is -2.13. The molecule has 3 rings (SSSR count). The molecule has 2 N–H and O–H groups in total. The molecule has 0 saturated heterocycles. The van der Waals surface area contributed by atoms with E-state index in [-0.39, 0.29) is 12.5 Å². The molecule has 1 aromatic heterocycles. The highest BCUT2D eigenvalue weighted by molar-refractivity contribution is 7.22. The van der Waals surface area contributed by atoms with Crippen molar-refractivity contribution in [2.24, 2.45) is 5.10 Å². The molecule has 0 unspecified atom stereocenters. The first-order valence-electron chi connectivity index (χ1n) is 9.67. The first-order chi connectivity index (χ1) is 14.3. The minimum absolute atomic E-state index is 0.0848. The third-order valence-corrected chi connectivity index (χ3v) is 6.25. The van der Waals surface area contributed by atoms with Gasteiger partial charge in [-0.2, -0.15) is 5.10 Å². The van der Waals surface area contributed by atoms with Crippen LogP contribution in [0.3, 0.4) is 0 Å². The molecule has 1 heterocycles. The maximum atomic E-state index is 12.5. The zero-order valence-corrected chi connectivity index (χ0v) is 19.3. The SMILES string of the molecule is CC/C(C)=N\Nc1nc2cc(C)c(NC(=O)COc3ccc(Cl)c(C)c3)c(C)c2s1. The number of rotatable bonds is 7. The number of fused-ring (bicyclic) bond motifs is 1. The number of nitrogens with one attached hydrogen (secondary N) is 2. The fourth-order valence-electron chi connectivity index (χ4n) is 2.88. The Bertz CT molecular complexity index is 1120. The number of carbonyl (C=O) groups excluding carboxylic acids is 1. The van der Waals surface area contributed by atoms with Gasteiger partial charge in [-0.3, -0.25) is 10.2 Å². The van der Waals surface area contributed by atoms with E-state index >= 15 is 0 Å². The van der Waals surface area contributed by atoms with Gasteiger partial charge in [0.2, 0.25) is 5.13 Å². The molecule has 8 heteroatoms. The van der Waals surface area contributed by atoms with Crippen molar-refractivity contribution in [3.8, 4) is 5.75 Å². The van der Waals surface area contributed by atoms with E-state index in [1.54, 1.807) is 12.1 Å². The van der Waals surface area contributed by atoms with Crippen LogP contribution in [0.15, 0.2) is 29.4 Å². The maximum absolute atomic E-state index is 12.5. The minimum Gasteiger partial charge on any atom is -0.484 e. The second-order valence-electron chi connectivity index (χ2n) is 7.12. The molecular formula is C22H25ClN4O2S. The van der Waals surface area contributed by atoms with Gasteiger partial charge in [0, 0.05) is 16.4 Å². The quantitative estimate of drug-likeness (QED) is 0.341. The van der Waals surface area contributed by atoms with Crippen molar-refractivity contribution < 1.29 is 9.53 Å². The predicted molar refractivity (Wildman–Crippen MR) is 126 cm³/mol. The average Bonchev–Trinajstić information content (AvgIpc) is 3.13. The number of aryl methyl sites for hydroxylation is 3. The largest absolute Gasteiger partial charge is 0.484 e. The molecule has 0 aliphatic rings. The Morgan fingerprint density at radius 2 is 2.00 bits per heavy atom. The van der Waals surface area contributed by atoms with Crippen molar-refractivity contribution in [1.82, 2.24) is 4.98 Å². The summed E-state index contributed by atoms with van der Waals surface area (Å²) in [7, 11) is 0. The lowest BCUT2D eigenvalue weighted by atomic mass is 10.1. The van der Waals surface area contributed by atoms with Crippen LogP contribution in [0.2, 0.25) is 5.02 Å². The molecule has 30 heavy (non-hydrogen) atoms. The lowest BCUT2D eigenvalue weighted by molar-refractivity contribution is -0.118. The van der Waals surface area contributed by atoms with Gasteiger partial charge in [-0.25, -0.2) is 4.98 Å². The Hall–Kier alpha value is -2.64. The normalized spacial score (nSPS) is 11.6. The number of hydrogen-bond acceptors (Lipinski definition) is 6. The smallest absolute Gasteiger partial charge is 0.262 e. The van der Waals surface area contributed by atoms with Crippen molar-refractivity contribution in [2.45, 2.75) is 41.0 Å². The van der Waals surface area contributed by atoms with Crippen LogP contribution in [0.5, 0.6) is 5.75 Å². The second kappa shape index (κ2) is 9.45. The molecule has 6 nitrogen and oxygen atoms in total. The summed E-state index contributed by atoms with van der Waals surface area (Å²) in [6.45, 7) is 9.77. The Morgan fingerprint density at radius 1 is 1.23 bits per heavy atom. The number of aromatic nitrogens is 1. The molecule has 0 radical (unpaired) electrons. The van der Waals surface area contributed by atoms with Crippen LogP contribution >= 0.6 is 22.9 Å². The van der Waals surface area contributed by atoms with Crippen LogP contribution in [0.1, 0.15) is 37.0 Å². The number of hydrogen-bond donors (Lipinski definition) is 2. The van der Waals surface area contributed by atoms with Gasteiger partial charge < -0.3 is 10.1 Å². The molecule has 0 aliphatic heterocycles. The van der Waals surface area contributed by atoms with E-state index in [1.807, 2.05) is 39.8 Å². The maximum Gasteiger partial charge on any atom is 0.262 e. The van der Waals surface area contributed by atoms with Gasteiger partial charge in [0.1, 0.15) is 5.75 Å². The van der Waals surface area contributed by atoms with Gasteiger partial charge in [-0.05, 0) is 75.1 Å². The lowest BCUT2D eigenvalue weighted by Crippen LogP contribution is -2.21. The number of ether oxygens (including phenoxy) is 1. The van der Waals surface area contributed by atoms with Crippen LogP contribution in [0.25, 0.3) is 10.2 Å². The van der Waals surface area contributed by atoms with E-state index in [1.165, 1.54) is 11.3 Å². The summed E-state index contributed by atoms with van der Waals surface area (Å²) in [6.07, 6.45) is 0.879. The van der Waals surface area contributed by atoms with Crippen molar-refractivity contribution in [2.75, 3.05) is 17.3 Å². The summed E-state index contributed by atoms with van der Waals surface area (Å²) in [5, 5.41) is 8.69. The number of nitrogens with zero attached hydrogens (tertiary/aromatic N) is 2. The van der Waals surface area contributed by atoms with E-state index in [4.69, 9.17) is 16.3 Å². The molecule has 0 atom stereocenters. The number of amides is 1. The van der Waals surface area contributed by atoms with E-state index in [2.05, 4.69) is 27.8 Å². The standard InChI is InChI=1S/C22H25ClN4O2S/c1-6-14(4)26-27-22-24-18-10-13(3)20(15(5)21(18)30-22)25-19(28)11-29-16-7-8-17(23)12(2)9-16/h7-10H,6,11H2,1-5H3,(H,24,27)(H,25,28)/b26-14-. The summed E-state index contributed by atoms with van der Waals surface area (Å²) in [6, 6.07) is 7.29. The number of carbonyl (C=O) groups is 1. The molecule has 158 valence electrons. The summed E-state index contributed by atoms with van der Waals surface area (Å²) < 4.78 is 6.62. The molecular weight excluding hydrogens is 420 g/mol. The topological polar surface area (TPSA) is 75.6 Å². The van der Waals surface area contributed by atoms with Gasteiger partial charge in [-0.15, -0.1) is 0 Å². The summed E-state index contributed by atoms with van der Waals surface area (Å²) in [5.41, 5.74) is 8.51. The van der Waals surface area contributed by atoms with Crippen LogP contribution < -0.4 is 15.5 Å². The molecule has 2 aromatic carbocycles. The molecule has 0 fully saturated rings. The van der Waals surface area contributed by atoms with E-state index in [0.717, 1.165) is 49.9 Å². The van der Waals surface area contributed by atoms with Crippen LogP contribution in [0.4, 0.5) is 10.8 Å². The van der Waals surface area contributed by atoms with Crippen LogP contribution in [0, 0.1) is 20.8 Å². The van der Waals surface area contributed by atoms with Gasteiger partial charge in [0.25, 0.3) is 5.91 Å². The fourth-order valence-corrected chi connectivity index (χ4v) is 3.89. The highest BCUT2D eigenvalue weighted by Gasteiger charge is 2.15. The average molecular weight is 445 g/mol. The predicted octanol–water partition coefficient (Wildman–Crippen LogP) is 6.09. The van der Waals surface area contributed by atoms with Gasteiger partial charge in [0.05, 0.1) is 10.2 Å². The first kappa shape index (κ1) is 22.1.